The van der Waals surface area contributed by atoms with E-state index in [1.54, 1.807) is 6.07 Å². The van der Waals surface area contributed by atoms with Crippen molar-refractivity contribution in [2.24, 2.45) is 11.7 Å². The van der Waals surface area contributed by atoms with Crippen LogP contribution in [0.4, 0.5) is 0 Å². The van der Waals surface area contributed by atoms with E-state index in [1.807, 2.05) is 12.1 Å². The molecule has 1 fully saturated rings. The van der Waals surface area contributed by atoms with Crippen LogP contribution >= 0.6 is 35.6 Å². The molecule has 1 saturated heterocycles. The van der Waals surface area contributed by atoms with Crippen molar-refractivity contribution in [2.45, 2.75) is 19.4 Å². The number of piperidine rings is 1. The minimum absolute atomic E-state index is 0. The summed E-state index contributed by atoms with van der Waals surface area (Å²) in [5.74, 6) is 0.637. The van der Waals surface area contributed by atoms with Gasteiger partial charge in [0.15, 0.2) is 0 Å². The molecule has 1 aliphatic rings. The Labute approximate surface area is 125 Å². The van der Waals surface area contributed by atoms with Crippen molar-refractivity contribution in [3.8, 4) is 0 Å². The molecule has 0 spiro atoms. The molecule has 0 aliphatic carbocycles. The van der Waals surface area contributed by atoms with Crippen LogP contribution in [0.3, 0.4) is 0 Å². The Kier molecular flexibility index (Phi) is 6.75. The summed E-state index contributed by atoms with van der Waals surface area (Å²) in [5.41, 5.74) is 6.92. The number of hydrogen-bond acceptors (Lipinski definition) is 2. The van der Waals surface area contributed by atoms with Gasteiger partial charge in [-0.15, -0.1) is 12.4 Å². The van der Waals surface area contributed by atoms with Crippen molar-refractivity contribution in [1.82, 2.24) is 4.90 Å². The molecule has 0 amide bonds. The highest BCUT2D eigenvalue weighted by molar-refractivity contribution is 6.34. The summed E-state index contributed by atoms with van der Waals surface area (Å²) in [7, 11) is 0. The fraction of sp³-hybridized carbons (Fsp3) is 0.538. The monoisotopic (exact) mass is 308 g/mol. The van der Waals surface area contributed by atoms with Crippen LogP contribution in [0.1, 0.15) is 18.4 Å². The van der Waals surface area contributed by atoms with Gasteiger partial charge in [0, 0.05) is 23.1 Å². The number of nitrogens with two attached hydrogens (primary N) is 1. The van der Waals surface area contributed by atoms with Crippen LogP contribution in [0.25, 0.3) is 0 Å². The number of halogens is 3. The fourth-order valence-electron chi connectivity index (χ4n) is 2.45. The molecular formula is C13H19Cl3N2. The second-order valence-electron chi connectivity index (χ2n) is 4.76. The maximum atomic E-state index is 6.00. The predicted octanol–water partition coefficient (Wildman–Crippen LogP) is 3.59. The van der Waals surface area contributed by atoms with Gasteiger partial charge in [-0.2, -0.15) is 0 Å². The summed E-state index contributed by atoms with van der Waals surface area (Å²) in [5, 5.41) is 1.42. The Hall–Kier alpha value is 0.01000. The van der Waals surface area contributed by atoms with Gasteiger partial charge in [-0.1, -0.05) is 23.2 Å². The first-order valence-corrected chi connectivity index (χ1v) is 6.80. The molecular weight excluding hydrogens is 291 g/mol. The minimum atomic E-state index is 0. The molecule has 102 valence electrons. The van der Waals surface area contributed by atoms with Gasteiger partial charge in [0.2, 0.25) is 0 Å². The highest BCUT2D eigenvalue weighted by Gasteiger charge is 2.18. The van der Waals surface area contributed by atoms with E-state index in [9.17, 15) is 0 Å². The zero-order chi connectivity index (χ0) is 12.3. The SMILES string of the molecule is Cl.NCC1CCCN(Cc2cc(Cl)cc(Cl)c2)C1. The number of rotatable bonds is 3. The van der Waals surface area contributed by atoms with E-state index in [-0.39, 0.29) is 12.4 Å². The lowest BCUT2D eigenvalue weighted by atomic mass is 9.98. The molecule has 18 heavy (non-hydrogen) atoms. The third-order valence-electron chi connectivity index (χ3n) is 3.26. The van der Waals surface area contributed by atoms with E-state index in [2.05, 4.69) is 4.90 Å². The lowest BCUT2D eigenvalue weighted by Crippen LogP contribution is -2.37. The lowest BCUT2D eigenvalue weighted by molar-refractivity contribution is 0.171. The molecule has 2 N–H and O–H groups in total. The van der Waals surface area contributed by atoms with E-state index in [4.69, 9.17) is 28.9 Å². The van der Waals surface area contributed by atoms with Crippen LogP contribution in [0.5, 0.6) is 0 Å². The summed E-state index contributed by atoms with van der Waals surface area (Å²) >= 11 is 12.0. The van der Waals surface area contributed by atoms with Gasteiger partial charge in [0.1, 0.15) is 0 Å². The highest BCUT2D eigenvalue weighted by Crippen LogP contribution is 2.22. The summed E-state index contributed by atoms with van der Waals surface area (Å²) in [6.45, 7) is 3.92. The molecule has 1 unspecified atom stereocenters. The number of likely N-dealkylation sites (tertiary alicyclic amines) is 1. The van der Waals surface area contributed by atoms with Crippen molar-refractivity contribution in [3.05, 3.63) is 33.8 Å². The van der Waals surface area contributed by atoms with Crippen LogP contribution in [-0.4, -0.2) is 24.5 Å². The number of benzene rings is 1. The smallest absolute Gasteiger partial charge is 0.0424 e. The summed E-state index contributed by atoms with van der Waals surface area (Å²) in [4.78, 5) is 2.43. The van der Waals surface area contributed by atoms with Crippen molar-refractivity contribution in [2.75, 3.05) is 19.6 Å². The van der Waals surface area contributed by atoms with Crippen molar-refractivity contribution >= 4 is 35.6 Å². The second kappa shape index (κ2) is 7.56. The molecule has 1 aromatic carbocycles. The molecule has 0 saturated carbocycles. The first-order valence-electron chi connectivity index (χ1n) is 6.05. The summed E-state index contributed by atoms with van der Waals surface area (Å²) < 4.78 is 0. The zero-order valence-electron chi connectivity index (χ0n) is 10.2. The third kappa shape index (κ3) is 4.60. The van der Waals surface area contributed by atoms with Gasteiger partial charge in [-0.25, -0.2) is 0 Å². The average molecular weight is 310 g/mol. The van der Waals surface area contributed by atoms with Gasteiger partial charge in [0.05, 0.1) is 0 Å². The average Bonchev–Trinajstić information content (AvgIpc) is 2.28. The molecule has 2 nitrogen and oxygen atoms in total. The Bertz CT molecular complexity index is 364. The molecule has 1 atom stereocenters. The normalized spacial score (nSPS) is 20.5. The number of nitrogens with zero attached hydrogens (tertiary/aromatic N) is 1. The lowest BCUT2D eigenvalue weighted by Gasteiger charge is -2.32. The standard InChI is InChI=1S/C13H18Cl2N2.ClH/c14-12-4-11(5-13(15)6-12)9-17-3-1-2-10(7-16)8-17;/h4-6,10H,1-3,7-9,16H2;1H. The Balaban J connectivity index is 0.00000162. The van der Waals surface area contributed by atoms with E-state index in [1.165, 1.54) is 18.4 Å². The molecule has 1 aliphatic heterocycles. The third-order valence-corrected chi connectivity index (χ3v) is 3.70. The van der Waals surface area contributed by atoms with Crippen molar-refractivity contribution in [1.29, 1.82) is 0 Å². The molecule has 0 bridgehead atoms. The van der Waals surface area contributed by atoms with Crippen LogP contribution in [0, 0.1) is 5.92 Å². The molecule has 2 rings (SSSR count). The number of hydrogen-bond donors (Lipinski definition) is 1. The molecule has 1 aromatic rings. The Morgan fingerprint density at radius 3 is 2.50 bits per heavy atom. The highest BCUT2D eigenvalue weighted by atomic mass is 35.5. The van der Waals surface area contributed by atoms with E-state index in [0.717, 1.165) is 26.2 Å². The van der Waals surface area contributed by atoms with E-state index >= 15 is 0 Å². The van der Waals surface area contributed by atoms with Gasteiger partial charge >= 0.3 is 0 Å². The van der Waals surface area contributed by atoms with Gasteiger partial charge in [-0.05, 0) is 55.6 Å². The minimum Gasteiger partial charge on any atom is -0.330 e. The van der Waals surface area contributed by atoms with Crippen LogP contribution in [0.2, 0.25) is 10.0 Å². The summed E-state index contributed by atoms with van der Waals surface area (Å²) in [6, 6.07) is 5.74. The molecule has 1 heterocycles. The van der Waals surface area contributed by atoms with Crippen LogP contribution in [0.15, 0.2) is 18.2 Å². The van der Waals surface area contributed by atoms with Gasteiger partial charge < -0.3 is 5.73 Å². The first-order chi connectivity index (χ1) is 8.17. The van der Waals surface area contributed by atoms with Gasteiger partial charge in [-0.3, -0.25) is 4.90 Å². The molecule has 0 aromatic heterocycles. The first kappa shape index (κ1) is 16.1. The molecule has 5 heteroatoms. The van der Waals surface area contributed by atoms with E-state index < -0.39 is 0 Å². The maximum absolute atomic E-state index is 6.00. The van der Waals surface area contributed by atoms with Crippen LogP contribution in [-0.2, 0) is 6.54 Å². The van der Waals surface area contributed by atoms with Crippen molar-refractivity contribution < 1.29 is 0 Å². The van der Waals surface area contributed by atoms with Gasteiger partial charge in [0.25, 0.3) is 0 Å². The Morgan fingerprint density at radius 2 is 1.89 bits per heavy atom. The summed E-state index contributed by atoms with van der Waals surface area (Å²) in [6.07, 6.45) is 2.49. The largest absolute Gasteiger partial charge is 0.330 e. The molecule has 0 radical (unpaired) electrons. The predicted molar refractivity (Wildman–Crippen MR) is 80.8 cm³/mol. The maximum Gasteiger partial charge on any atom is 0.0424 e. The van der Waals surface area contributed by atoms with Crippen LogP contribution < -0.4 is 5.73 Å². The zero-order valence-corrected chi connectivity index (χ0v) is 12.6. The van der Waals surface area contributed by atoms with E-state index in [0.29, 0.717) is 16.0 Å². The van der Waals surface area contributed by atoms with Crippen molar-refractivity contribution in [3.63, 3.8) is 0 Å². The topological polar surface area (TPSA) is 29.3 Å². The second-order valence-corrected chi connectivity index (χ2v) is 5.63. The quantitative estimate of drug-likeness (QED) is 0.924. The Morgan fingerprint density at radius 1 is 1.22 bits per heavy atom. The fourth-order valence-corrected chi connectivity index (χ4v) is 3.02.